The van der Waals surface area contributed by atoms with Crippen LogP contribution >= 0.6 is 0 Å². The maximum atomic E-state index is 14.0. The van der Waals surface area contributed by atoms with E-state index < -0.39 is 29.6 Å². The van der Waals surface area contributed by atoms with Crippen molar-refractivity contribution in [3.05, 3.63) is 71.3 Å². The molecule has 9 nitrogen and oxygen atoms in total. The van der Waals surface area contributed by atoms with E-state index in [9.17, 15) is 19.2 Å². The number of carbonyl (C=O) groups excluding carboxylic acids is 4. The van der Waals surface area contributed by atoms with Crippen molar-refractivity contribution in [2.45, 2.75) is 71.8 Å². The molecule has 1 aliphatic rings. The van der Waals surface area contributed by atoms with Crippen molar-refractivity contribution >= 4 is 23.6 Å². The van der Waals surface area contributed by atoms with Crippen LogP contribution in [0.2, 0.25) is 0 Å². The van der Waals surface area contributed by atoms with Gasteiger partial charge in [0.1, 0.15) is 12.1 Å². The second-order valence-corrected chi connectivity index (χ2v) is 11.3. The Bertz CT molecular complexity index is 1160. The topological polar surface area (TPSA) is 120 Å². The Labute approximate surface area is 231 Å². The Kier molecular flexibility index (Phi) is 9.86. The largest absolute Gasteiger partial charge is 0.350 e. The molecule has 0 unspecified atom stereocenters. The van der Waals surface area contributed by atoms with Gasteiger partial charge in [-0.3, -0.25) is 19.2 Å². The first-order chi connectivity index (χ1) is 18.4. The molecule has 9 heteroatoms. The van der Waals surface area contributed by atoms with Gasteiger partial charge in [-0.05, 0) is 50.4 Å². The maximum absolute atomic E-state index is 14.0. The molecule has 0 bridgehead atoms. The summed E-state index contributed by atoms with van der Waals surface area (Å²) in [5.41, 5.74) is 1.87. The number of benzene rings is 2. The molecule has 39 heavy (non-hydrogen) atoms. The van der Waals surface area contributed by atoms with Crippen molar-refractivity contribution in [2.24, 2.45) is 5.41 Å². The third-order valence-corrected chi connectivity index (χ3v) is 7.07. The molecule has 1 saturated heterocycles. The van der Waals surface area contributed by atoms with Crippen molar-refractivity contribution in [3.63, 3.8) is 0 Å². The zero-order valence-electron chi connectivity index (χ0n) is 23.7. The number of hydrogen-bond acceptors (Lipinski definition) is 5. The Morgan fingerprint density at radius 2 is 1.64 bits per heavy atom. The highest BCUT2D eigenvalue weighted by molar-refractivity contribution is 5.96. The predicted octanol–water partition coefficient (Wildman–Crippen LogP) is 2.15. The van der Waals surface area contributed by atoms with Crippen molar-refractivity contribution in [1.82, 2.24) is 26.2 Å². The molecule has 0 aliphatic carbocycles. The summed E-state index contributed by atoms with van der Waals surface area (Å²) in [5, 5.41) is 11.7. The van der Waals surface area contributed by atoms with E-state index in [2.05, 4.69) is 21.3 Å². The fourth-order valence-corrected chi connectivity index (χ4v) is 4.52. The van der Waals surface area contributed by atoms with Crippen LogP contribution in [0.15, 0.2) is 54.6 Å². The van der Waals surface area contributed by atoms with E-state index in [-0.39, 0.29) is 36.6 Å². The van der Waals surface area contributed by atoms with E-state index in [1.165, 1.54) is 4.90 Å². The normalized spacial score (nSPS) is 18.7. The number of rotatable bonds is 9. The van der Waals surface area contributed by atoms with Gasteiger partial charge >= 0.3 is 0 Å². The fourth-order valence-electron chi connectivity index (χ4n) is 4.52. The van der Waals surface area contributed by atoms with Crippen LogP contribution in [-0.4, -0.2) is 66.3 Å². The number of nitrogens with zero attached hydrogens (tertiary/aromatic N) is 1. The van der Waals surface area contributed by atoms with Gasteiger partial charge in [-0.1, -0.05) is 68.8 Å². The number of amides is 4. The summed E-state index contributed by atoms with van der Waals surface area (Å²) in [4.78, 5) is 54.6. The van der Waals surface area contributed by atoms with Crippen LogP contribution in [0.5, 0.6) is 0 Å². The average molecular weight is 536 g/mol. The summed E-state index contributed by atoms with van der Waals surface area (Å²) < 4.78 is 0. The third-order valence-electron chi connectivity index (χ3n) is 7.07. The molecule has 4 atom stereocenters. The van der Waals surface area contributed by atoms with Crippen molar-refractivity contribution < 1.29 is 19.2 Å². The molecule has 4 N–H and O–H groups in total. The lowest BCUT2D eigenvalue weighted by Crippen LogP contribution is -2.59. The molecule has 0 saturated carbocycles. The minimum absolute atomic E-state index is 0.157. The first-order valence-electron chi connectivity index (χ1n) is 13.4. The molecular formula is C30H41N5O4. The molecule has 3 rings (SSSR count). The quantitative estimate of drug-likeness (QED) is 0.392. The van der Waals surface area contributed by atoms with Gasteiger partial charge in [0, 0.05) is 24.7 Å². The van der Waals surface area contributed by atoms with Crippen molar-refractivity contribution in [2.75, 3.05) is 13.6 Å². The summed E-state index contributed by atoms with van der Waals surface area (Å²) in [5.74, 6) is -1.23. The lowest BCUT2D eigenvalue weighted by molar-refractivity contribution is -0.144. The molecule has 0 aromatic heterocycles. The van der Waals surface area contributed by atoms with E-state index in [1.54, 1.807) is 26.1 Å². The standard InChI is InChI=1S/C30H41N5O4/c1-19-12-14-22(15-13-19)27(37)33-23-16-24(28(38)32-17-21-10-8-7-9-11-21)35(18-23)29(39)25(30(3,4)5)34-26(36)20(2)31-6/h7-15,20,23-25,31H,16-18H2,1-6H3,(H,32,38)(H,33,37)(H,34,36)/t20-,23-,24-,25+/m0/s1. The van der Waals surface area contributed by atoms with Crippen LogP contribution in [0, 0.1) is 12.3 Å². The zero-order valence-corrected chi connectivity index (χ0v) is 23.7. The van der Waals surface area contributed by atoms with Gasteiger partial charge in [0.05, 0.1) is 6.04 Å². The molecule has 0 radical (unpaired) electrons. The molecule has 210 valence electrons. The first kappa shape index (κ1) is 29.8. The van der Waals surface area contributed by atoms with Gasteiger partial charge in [-0.2, -0.15) is 0 Å². The molecule has 1 aliphatic heterocycles. The monoisotopic (exact) mass is 535 g/mol. The molecule has 2 aromatic carbocycles. The lowest BCUT2D eigenvalue weighted by atomic mass is 9.85. The molecule has 4 amide bonds. The van der Waals surface area contributed by atoms with Gasteiger partial charge < -0.3 is 26.2 Å². The molecule has 2 aromatic rings. The second-order valence-electron chi connectivity index (χ2n) is 11.3. The van der Waals surface area contributed by atoms with Gasteiger partial charge in [-0.25, -0.2) is 0 Å². The van der Waals surface area contributed by atoms with E-state index in [0.29, 0.717) is 12.1 Å². The first-order valence-corrected chi connectivity index (χ1v) is 13.4. The van der Waals surface area contributed by atoms with Crippen LogP contribution in [-0.2, 0) is 20.9 Å². The van der Waals surface area contributed by atoms with E-state index >= 15 is 0 Å². The highest BCUT2D eigenvalue weighted by Crippen LogP contribution is 2.26. The Morgan fingerprint density at radius 3 is 2.23 bits per heavy atom. The summed E-state index contributed by atoms with van der Waals surface area (Å²) in [6.07, 6.45) is 0.266. The van der Waals surface area contributed by atoms with Crippen LogP contribution in [0.4, 0.5) is 0 Å². The van der Waals surface area contributed by atoms with Crippen LogP contribution in [0.25, 0.3) is 0 Å². The van der Waals surface area contributed by atoms with Crippen LogP contribution in [0.3, 0.4) is 0 Å². The Hall–Kier alpha value is -3.72. The summed E-state index contributed by atoms with van der Waals surface area (Å²) in [6, 6.07) is 14.2. The highest BCUT2D eigenvalue weighted by Gasteiger charge is 2.45. The average Bonchev–Trinajstić information content (AvgIpc) is 3.33. The summed E-state index contributed by atoms with van der Waals surface area (Å²) in [6.45, 7) is 9.75. The summed E-state index contributed by atoms with van der Waals surface area (Å²) in [7, 11) is 1.67. The van der Waals surface area contributed by atoms with Crippen molar-refractivity contribution in [3.8, 4) is 0 Å². The van der Waals surface area contributed by atoms with E-state index in [1.807, 2.05) is 70.2 Å². The van der Waals surface area contributed by atoms with E-state index in [4.69, 9.17) is 0 Å². The SMILES string of the molecule is CN[C@@H](C)C(=O)N[C@H](C(=O)N1C[C@@H](NC(=O)c2ccc(C)cc2)C[C@H]1C(=O)NCc1ccccc1)C(C)(C)C. The van der Waals surface area contributed by atoms with Crippen LogP contribution in [0.1, 0.15) is 55.6 Å². The number of aryl methyl sites for hydroxylation is 1. The number of likely N-dealkylation sites (tertiary alicyclic amines) is 1. The van der Waals surface area contributed by atoms with Crippen molar-refractivity contribution in [1.29, 1.82) is 0 Å². The lowest BCUT2D eigenvalue weighted by Gasteiger charge is -2.36. The maximum Gasteiger partial charge on any atom is 0.251 e. The van der Waals surface area contributed by atoms with Gasteiger partial charge in [-0.15, -0.1) is 0 Å². The van der Waals surface area contributed by atoms with Gasteiger partial charge in [0.25, 0.3) is 5.91 Å². The van der Waals surface area contributed by atoms with Gasteiger partial charge in [0.15, 0.2) is 0 Å². The fraction of sp³-hybridized carbons (Fsp3) is 0.467. The Balaban J connectivity index is 1.83. The molecule has 0 spiro atoms. The minimum Gasteiger partial charge on any atom is -0.350 e. The number of hydrogen-bond donors (Lipinski definition) is 4. The zero-order chi connectivity index (χ0) is 28.7. The van der Waals surface area contributed by atoms with Crippen LogP contribution < -0.4 is 21.3 Å². The molecule has 1 heterocycles. The number of likely N-dealkylation sites (N-methyl/N-ethyl adjacent to an activating group) is 1. The number of nitrogens with one attached hydrogen (secondary N) is 4. The van der Waals surface area contributed by atoms with Gasteiger partial charge in [0.2, 0.25) is 17.7 Å². The third kappa shape index (κ3) is 7.89. The van der Waals surface area contributed by atoms with E-state index in [0.717, 1.165) is 11.1 Å². The smallest absolute Gasteiger partial charge is 0.251 e. The minimum atomic E-state index is -0.864. The highest BCUT2D eigenvalue weighted by atomic mass is 16.2. The number of carbonyl (C=O) groups is 4. The Morgan fingerprint density at radius 1 is 1.00 bits per heavy atom. The second kappa shape index (κ2) is 12.9. The molecular weight excluding hydrogens is 494 g/mol. The molecule has 1 fully saturated rings. The predicted molar refractivity (Wildman–Crippen MR) is 151 cm³/mol. The summed E-state index contributed by atoms with van der Waals surface area (Å²) >= 11 is 0.